The highest BCUT2D eigenvalue weighted by molar-refractivity contribution is 5.94. The molecule has 0 aliphatic carbocycles. The van der Waals surface area contributed by atoms with Crippen LogP contribution in [0.5, 0.6) is 0 Å². The number of alkyl halides is 3. The minimum atomic E-state index is -4.48. The number of nitrogens with zero attached hydrogens (tertiary/aromatic N) is 2. The Balaban J connectivity index is 1.59. The van der Waals surface area contributed by atoms with Crippen LogP contribution in [0.1, 0.15) is 28.8 Å². The lowest BCUT2D eigenvalue weighted by Crippen LogP contribution is -2.53. The molecule has 8 heteroatoms. The van der Waals surface area contributed by atoms with Crippen molar-refractivity contribution in [2.75, 3.05) is 39.3 Å². The molecule has 0 bridgehead atoms. The quantitative estimate of drug-likeness (QED) is 0.868. The van der Waals surface area contributed by atoms with E-state index in [2.05, 4.69) is 5.32 Å². The van der Waals surface area contributed by atoms with Crippen molar-refractivity contribution in [3.05, 3.63) is 35.4 Å². The lowest BCUT2D eigenvalue weighted by Gasteiger charge is -2.37. The molecule has 3 rings (SSSR count). The molecule has 2 heterocycles. The molecule has 2 aliphatic heterocycles. The second-order valence-corrected chi connectivity index (χ2v) is 6.74. The highest BCUT2D eigenvalue weighted by atomic mass is 19.4. The molecule has 1 N–H and O–H groups in total. The van der Waals surface area contributed by atoms with Gasteiger partial charge in [0.25, 0.3) is 5.91 Å². The fraction of sp³-hybridized carbons (Fsp3) is 0.556. The summed E-state index contributed by atoms with van der Waals surface area (Å²) in [7, 11) is 0. The summed E-state index contributed by atoms with van der Waals surface area (Å²) in [6.45, 7) is 3.12. The molecular formula is C18H22F3N3O2. The van der Waals surface area contributed by atoms with Gasteiger partial charge in [-0.3, -0.25) is 9.59 Å². The molecular weight excluding hydrogens is 347 g/mol. The highest BCUT2D eigenvalue weighted by Gasteiger charge is 2.33. The van der Waals surface area contributed by atoms with Crippen molar-refractivity contribution >= 4 is 11.8 Å². The second-order valence-electron chi connectivity index (χ2n) is 6.74. The average molecular weight is 369 g/mol. The molecule has 0 saturated carbocycles. The summed E-state index contributed by atoms with van der Waals surface area (Å²) < 4.78 is 38.4. The second kappa shape index (κ2) is 7.65. The van der Waals surface area contributed by atoms with Crippen LogP contribution in [-0.2, 0) is 11.0 Å². The first-order chi connectivity index (χ1) is 12.4. The summed E-state index contributed by atoms with van der Waals surface area (Å²) in [5, 5.41) is 3.22. The Morgan fingerprint density at radius 3 is 2.38 bits per heavy atom. The summed E-state index contributed by atoms with van der Waals surface area (Å²) in [6.07, 6.45) is -2.63. The number of piperazine rings is 1. The lowest BCUT2D eigenvalue weighted by atomic mass is 9.98. The standard InChI is InChI=1S/C18H22F3N3O2/c19-18(20,21)15-5-1-3-13(11-15)16(25)23-7-9-24(10-8-23)17(26)14-4-2-6-22-12-14/h1,3,5,11,14,22H,2,4,6-10,12H2. The minimum absolute atomic E-state index is 0.0190. The van der Waals surface area contributed by atoms with E-state index < -0.39 is 17.6 Å². The van der Waals surface area contributed by atoms with Crippen molar-refractivity contribution in [1.29, 1.82) is 0 Å². The largest absolute Gasteiger partial charge is 0.416 e. The van der Waals surface area contributed by atoms with Crippen LogP contribution in [0.3, 0.4) is 0 Å². The maximum absolute atomic E-state index is 12.8. The summed E-state index contributed by atoms with van der Waals surface area (Å²) >= 11 is 0. The van der Waals surface area contributed by atoms with Crippen molar-refractivity contribution in [2.45, 2.75) is 19.0 Å². The Labute approximate surface area is 150 Å². The molecule has 1 atom stereocenters. The molecule has 26 heavy (non-hydrogen) atoms. The smallest absolute Gasteiger partial charge is 0.339 e. The maximum Gasteiger partial charge on any atom is 0.416 e. The first-order valence-corrected chi connectivity index (χ1v) is 8.82. The zero-order valence-corrected chi connectivity index (χ0v) is 14.4. The third kappa shape index (κ3) is 4.17. The van der Waals surface area contributed by atoms with E-state index >= 15 is 0 Å². The molecule has 1 unspecified atom stereocenters. The predicted octanol–water partition coefficient (Wildman–Crippen LogP) is 1.99. The molecule has 1 aromatic carbocycles. The van der Waals surface area contributed by atoms with Gasteiger partial charge in [-0.2, -0.15) is 13.2 Å². The van der Waals surface area contributed by atoms with Crippen LogP contribution in [0.25, 0.3) is 0 Å². The molecule has 5 nitrogen and oxygen atoms in total. The summed E-state index contributed by atoms with van der Waals surface area (Å²) in [5.74, 6) is -0.347. The molecule has 0 radical (unpaired) electrons. The zero-order valence-electron chi connectivity index (χ0n) is 14.4. The molecule has 2 amide bonds. The number of rotatable bonds is 2. The Hall–Kier alpha value is -2.09. The molecule has 2 fully saturated rings. The van der Waals surface area contributed by atoms with Crippen molar-refractivity contribution in [2.24, 2.45) is 5.92 Å². The van der Waals surface area contributed by atoms with Gasteiger partial charge in [-0.1, -0.05) is 6.07 Å². The van der Waals surface area contributed by atoms with Crippen LogP contribution < -0.4 is 5.32 Å². The van der Waals surface area contributed by atoms with Crippen LogP contribution in [0, 0.1) is 5.92 Å². The van der Waals surface area contributed by atoms with E-state index in [1.54, 1.807) is 4.90 Å². The van der Waals surface area contributed by atoms with Gasteiger partial charge in [0.05, 0.1) is 11.5 Å². The third-order valence-corrected chi connectivity index (χ3v) is 4.96. The highest BCUT2D eigenvalue weighted by Crippen LogP contribution is 2.29. The van der Waals surface area contributed by atoms with E-state index in [0.717, 1.165) is 31.5 Å². The van der Waals surface area contributed by atoms with E-state index in [1.807, 2.05) is 0 Å². The Morgan fingerprint density at radius 1 is 1.08 bits per heavy atom. The number of benzene rings is 1. The van der Waals surface area contributed by atoms with Gasteiger partial charge in [0, 0.05) is 38.3 Å². The monoisotopic (exact) mass is 369 g/mol. The Bertz CT molecular complexity index is 664. The predicted molar refractivity (Wildman–Crippen MR) is 89.5 cm³/mol. The first-order valence-electron chi connectivity index (χ1n) is 8.82. The van der Waals surface area contributed by atoms with E-state index in [0.29, 0.717) is 32.7 Å². The average Bonchev–Trinajstić information content (AvgIpc) is 2.67. The van der Waals surface area contributed by atoms with E-state index in [9.17, 15) is 22.8 Å². The molecule has 2 saturated heterocycles. The summed E-state index contributed by atoms with van der Waals surface area (Å²) in [6, 6.07) is 4.47. The van der Waals surface area contributed by atoms with Crippen molar-refractivity contribution in [1.82, 2.24) is 15.1 Å². The number of hydrogen-bond donors (Lipinski definition) is 1. The van der Waals surface area contributed by atoms with Gasteiger partial charge in [-0.15, -0.1) is 0 Å². The maximum atomic E-state index is 12.8. The van der Waals surface area contributed by atoms with Gasteiger partial charge in [-0.05, 0) is 37.6 Å². The SMILES string of the molecule is O=C(c1cccc(C(F)(F)F)c1)N1CCN(C(=O)C2CCCNC2)CC1. The van der Waals surface area contributed by atoms with Gasteiger partial charge in [0.2, 0.25) is 5.91 Å². The zero-order chi connectivity index (χ0) is 18.7. The normalized spacial score (nSPS) is 21.6. The number of halogens is 3. The number of hydrogen-bond acceptors (Lipinski definition) is 3. The fourth-order valence-corrected chi connectivity index (χ4v) is 3.46. The molecule has 0 aromatic heterocycles. The molecule has 1 aromatic rings. The summed E-state index contributed by atoms with van der Waals surface area (Å²) in [5.41, 5.74) is -0.807. The molecule has 0 spiro atoms. The van der Waals surface area contributed by atoms with Gasteiger partial charge in [0.15, 0.2) is 0 Å². The van der Waals surface area contributed by atoms with Gasteiger partial charge in [0.1, 0.15) is 0 Å². The topological polar surface area (TPSA) is 52.7 Å². The van der Waals surface area contributed by atoms with Crippen molar-refractivity contribution in [3.8, 4) is 0 Å². The molecule has 142 valence electrons. The van der Waals surface area contributed by atoms with Crippen LogP contribution in [-0.4, -0.2) is 60.9 Å². The van der Waals surface area contributed by atoms with Gasteiger partial charge >= 0.3 is 6.18 Å². The Kier molecular flexibility index (Phi) is 5.50. The Morgan fingerprint density at radius 2 is 1.77 bits per heavy atom. The fourth-order valence-electron chi connectivity index (χ4n) is 3.46. The lowest BCUT2D eigenvalue weighted by molar-refractivity contribution is -0.138. The van der Waals surface area contributed by atoms with Crippen LogP contribution >= 0.6 is 0 Å². The minimum Gasteiger partial charge on any atom is -0.339 e. The number of piperidine rings is 1. The number of nitrogens with one attached hydrogen (secondary N) is 1. The third-order valence-electron chi connectivity index (χ3n) is 4.96. The van der Waals surface area contributed by atoms with Crippen LogP contribution in [0.15, 0.2) is 24.3 Å². The van der Waals surface area contributed by atoms with Crippen molar-refractivity contribution < 1.29 is 22.8 Å². The van der Waals surface area contributed by atoms with Crippen LogP contribution in [0.2, 0.25) is 0 Å². The van der Waals surface area contributed by atoms with Crippen LogP contribution in [0.4, 0.5) is 13.2 Å². The number of carbonyl (C=O) groups is 2. The first kappa shape index (κ1) is 18.7. The van der Waals surface area contributed by atoms with E-state index in [4.69, 9.17) is 0 Å². The summed E-state index contributed by atoms with van der Waals surface area (Å²) in [4.78, 5) is 28.3. The van der Waals surface area contributed by atoms with E-state index in [1.165, 1.54) is 17.0 Å². The van der Waals surface area contributed by atoms with Crippen molar-refractivity contribution in [3.63, 3.8) is 0 Å². The number of amides is 2. The molecule has 2 aliphatic rings. The van der Waals surface area contributed by atoms with Gasteiger partial charge < -0.3 is 15.1 Å². The van der Waals surface area contributed by atoms with E-state index in [-0.39, 0.29) is 17.4 Å². The number of carbonyl (C=O) groups excluding carboxylic acids is 2. The van der Waals surface area contributed by atoms with Gasteiger partial charge in [-0.25, -0.2) is 0 Å².